The van der Waals surface area contributed by atoms with Crippen molar-refractivity contribution in [3.8, 4) is 0 Å². The van der Waals surface area contributed by atoms with E-state index < -0.39 is 17.5 Å². The van der Waals surface area contributed by atoms with Gasteiger partial charge in [0.1, 0.15) is 5.82 Å². The summed E-state index contributed by atoms with van der Waals surface area (Å²) in [6.45, 7) is 0. The predicted octanol–water partition coefficient (Wildman–Crippen LogP) is 3.47. The zero-order chi connectivity index (χ0) is 13.1. The van der Waals surface area contributed by atoms with Gasteiger partial charge in [-0.1, -0.05) is 0 Å². The van der Waals surface area contributed by atoms with Crippen LogP contribution in [0.2, 0.25) is 0 Å². The largest absolute Gasteiger partial charge is 0.381 e. The fourth-order valence-electron chi connectivity index (χ4n) is 2.30. The van der Waals surface area contributed by atoms with Crippen LogP contribution in [0, 0.1) is 17.5 Å². The SMILES string of the molecule is COC1CCC(Nc2cc(F)c(F)cc2F)CC1. The molecule has 0 bridgehead atoms. The number of anilines is 1. The van der Waals surface area contributed by atoms with Crippen molar-refractivity contribution in [1.82, 2.24) is 0 Å². The highest BCUT2D eigenvalue weighted by Crippen LogP contribution is 2.26. The molecular formula is C13H16F3NO. The Kier molecular flexibility index (Phi) is 4.11. The Balaban J connectivity index is 2.00. The minimum absolute atomic E-state index is 0.0229. The number of rotatable bonds is 3. The lowest BCUT2D eigenvalue weighted by atomic mass is 9.93. The van der Waals surface area contributed by atoms with Crippen molar-refractivity contribution in [1.29, 1.82) is 0 Å². The molecule has 18 heavy (non-hydrogen) atoms. The molecule has 0 aliphatic heterocycles. The van der Waals surface area contributed by atoms with Crippen LogP contribution in [0.1, 0.15) is 25.7 Å². The van der Waals surface area contributed by atoms with Gasteiger partial charge in [-0.15, -0.1) is 0 Å². The van der Waals surface area contributed by atoms with Crippen LogP contribution in [-0.2, 0) is 4.74 Å². The molecule has 0 unspecified atom stereocenters. The molecule has 2 nitrogen and oxygen atoms in total. The number of nitrogens with one attached hydrogen (secondary N) is 1. The van der Waals surface area contributed by atoms with E-state index in [1.807, 2.05) is 0 Å². The Morgan fingerprint density at radius 3 is 2.22 bits per heavy atom. The van der Waals surface area contributed by atoms with Crippen LogP contribution >= 0.6 is 0 Å². The molecule has 1 N–H and O–H groups in total. The molecule has 0 atom stereocenters. The third kappa shape index (κ3) is 2.96. The molecule has 100 valence electrons. The van der Waals surface area contributed by atoms with E-state index in [2.05, 4.69) is 5.32 Å². The summed E-state index contributed by atoms with van der Waals surface area (Å²) in [4.78, 5) is 0. The number of hydrogen-bond acceptors (Lipinski definition) is 2. The van der Waals surface area contributed by atoms with E-state index >= 15 is 0 Å². The van der Waals surface area contributed by atoms with E-state index in [0.29, 0.717) is 6.07 Å². The van der Waals surface area contributed by atoms with Gasteiger partial charge in [-0.25, -0.2) is 13.2 Å². The van der Waals surface area contributed by atoms with Crippen LogP contribution in [-0.4, -0.2) is 19.3 Å². The highest BCUT2D eigenvalue weighted by Gasteiger charge is 2.22. The highest BCUT2D eigenvalue weighted by molar-refractivity contribution is 5.46. The second kappa shape index (κ2) is 5.61. The lowest BCUT2D eigenvalue weighted by Gasteiger charge is -2.29. The summed E-state index contributed by atoms with van der Waals surface area (Å²) >= 11 is 0. The average molecular weight is 259 g/mol. The van der Waals surface area contributed by atoms with E-state index in [4.69, 9.17) is 4.74 Å². The van der Waals surface area contributed by atoms with Crippen LogP contribution in [0.4, 0.5) is 18.9 Å². The molecule has 0 radical (unpaired) electrons. The van der Waals surface area contributed by atoms with Crippen molar-refractivity contribution < 1.29 is 17.9 Å². The fourth-order valence-corrected chi connectivity index (χ4v) is 2.30. The summed E-state index contributed by atoms with van der Waals surface area (Å²) in [7, 11) is 1.67. The van der Waals surface area contributed by atoms with Crippen molar-refractivity contribution in [3.63, 3.8) is 0 Å². The molecule has 0 aromatic heterocycles. The van der Waals surface area contributed by atoms with Crippen molar-refractivity contribution in [2.75, 3.05) is 12.4 Å². The number of ether oxygens (including phenoxy) is 1. The molecule has 0 spiro atoms. The van der Waals surface area contributed by atoms with Gasteiger partial charge in [-0.3, -0.25) is 0 Å². The Hall–Kier alpha value is -1.23. The second-order valence-corrected chi connectivity index (χ2v) is 4.60. The monoisotopic (exact) mass is 259 g/mol. The van der Waals surface area contributed by atoms with E-state index in [1.54, 1.807) is 7.11 Å². The summed E-state index contributed by atoms with van der Waals surface area (Å²) in [6, 6.07) is 1.52. The van der Waals surface area contributed by atoms with E-state index in [-0.39, 0.29) is 17.8 Å². The topological polar surface area (TPSA) is 21.3 Å². The van der Waals surface area contributed by atoms with Gasteiger partial charge in [-0.2, -0.15) is 0 Å². The molecule has 1 aliphatic carbocycles. The maximum atomic E-state index is 13.4. The quantitative estimate of drug-likeness (QED) is 0.839. The minimum Gasteiger partial charge on any atom is -0.381 e. The molecule has 1 saturated carbocycles. The standard InChI is InChI=1S/C13H16F3NO/c1-18-9-4-2-8(3-5-9)17-13-7-11(15)10(14)6-12(13)16/h6-9,17H,2-5H2,1H3. The molecule has 1 aromatic carbocycles. The zero-order valence-corrected chi connectivity index (χ0v) is 10.2. The lowest BCUT2D eigenvalue weighted by molar-refractivity contribution is 0.0681. The van der Waals surface area contributed by atoms with E-state index in [1.165, 1.54) is 0 Å². The fraction of sp³-hybridized carbons (Fsp3) is 0.538. The molecule has 0 saturated heterocycles. The van der Waals surface area contributed by atoms with Gasteiger partial charge in [-0.05, 0) is 25.7 Å². The van der Waals surface area contributed by atoms with Gasteiger partial charge in [0.15, 0.2) is 11.6 Å². The molecule has 1 aliphatic rings. The summed E-state index contributed by atoms with van der Waals surface area (Å²) < 4.78 is 44.5. The first-order valence-corrected chi connectivity index (χ1v) is 6.04. The van der Waals surface area contributed by atoms with Gasteiger partial charge in [0.25, 0.3) is 0 Å². The van der Waals surface area contributed by atoms with Crippen molar-refractivity contribution in [2.45, 2.75) is 37.8 Å². The Labute approximate surface area is 104 Å². The summed E-state index contributed by atoms with van der Waals surface area (Å²) in [5.74, 6) is -2.96. The lowest BCUT2D eigenvalue weighted by Crippen LogP contribution is -2.29. The summed E-state index contributed by atoms with van der Waals surface area (Å²) in [5.41, 5.74) is 0.0229. The molecule has 5 heteroatoms. The van der Waals surface area contributed by atoms with Gasteiger partial charge in [0.05, 0.1) is 11.8 Å². The Morgan fingerprint density at radius 2 is 1.61 bits per heavy atom. The third-order valence-corrected chi connectivity index (χ3v) is 3.38. The summed E-state index contributed by atoms with van der Waals surface area (Å²) in [5, 5.41) is 2.92. The first-order chi connectivity index (χ1) is 8.60. The Morgan fingerprint density at radius 1 is 1.00 bits per heavy atom. The highest BCUT2D eigenvalue weighted by atomic mass is 19.2. The maximum absolute atomic E-state index is 13.4. The average Bonchev–Trinajstić information content (AvgIpc) is 2.37. The van der Waals surface area contributed by atoms with Gasteiger partial charge in [0, 0.05) is 25.3 Å². The molecule has 0 heterocycles. The molecule has 2 rings (SSSR count). The zero-order valence-electron chi connectivity index (χ0n) is 10.2. The van der Waals surface area contributed by atoms with Crippen LogP contribution in [0.25, 0.3) is 0 Å². The van der Waals surface area contributed by atoms with E-state index in [9.17, 15) is 13.2 Å². The predicted molar refractivity (Wildman–Crippen MR) is 63.0 cm³/mol. The van der Waals surface area contributed by atoms with Crippen LogP contribution in [0.15, 0.2) is 12.1 Å². The van der Waals surface area contributed by atoms with Crippen LogP contribution in [0.5, 0.6) is 0 Å². The number of halogens is 3. The number of methoxy groups -OCH3 is 1. The van der Waals surface area contributed by atoms with Gasteiger partial charge < -0.3 is 10.1 Å². The van der Waals surface area contributed by atoms with Crippen molar-refractivity contribution in [2.24, 2.45) is 0 Å². The first kappa shape index (κ1) is 13.2. The van der Waals surface area contributed by atoms with Gasteiger partial charge >= 0.3 is 0 Å². The molecule has 1 fully saturated rings. The maximum Gasteiger partial charge on any atom is 0.161 e. The molecule has 1 aromatic rings. The van der Waals surface area contributed by atoms with Crippen LogP contribution in [0.3, 0.4) is 0 Å². The minimum atomic E-state index is -1.17. The summed E-state index contributed by atoms with van der Waals surface area (Å²) in [6.07, 6.45) is 3.69. The number of benzene rings is 1. The smallest absolute Gasteiger partial charge is 0.161 e. The van der Waals surface area contributed by atoms with E-state index in [0.717, 1.165) is 31.7 Å². The number of hydrogen-bond donors (Lipinski definition) is 1. The van der Waals surface area contributed by atoms with Crippen LogP contribution < -0.4 is 5.32 Å². The van der Waals surface area contributed by atoms with Gasteiger partial charge in [0.2, 0.25) is 0 Å². The van der Waals surface area contributed by atoms with Crippen molar-refractivity contribution in [3.05, 3.63) is 29.6 Å². The molecular weight excluding hydrogens is 243 g/mol. The Bertz CT molecular complexity index is 417. The first-order valence-electron chi connectivity index (χ1n) is 6.04. The second-order valence-electron chi connectivity index (χ2n) is 4.60. The van der Waals surface area contributed by atoms with Crippen molar-refractivity contribution >= 4 is 5.69 Å². The normalized spacial score (nSPS) is 24.0. The molecule has 0 amide bonds. The third-order valence-electron chi connectivity index (χ3n) is 3.38.